The third kappa shape index (κ3) is 9.04. The van der Waals surface area contributed by atoms with Crippen molar-refractivity contribution in [3.8, 4) is 11.5 Å². The van der Waals surface area contributed by atoms with Crippen LogP contribution in [-0.2, 0) is 24.4 Å². The Morgan fingerprint density at radius 2 is 1.74 bits per heavy atom. The number of fused-ring (bicyclic) bond motifs is 1. The van der Waals surface area contributed by atoms with Gasteiger partial charge in [0.05, 0.1) is 22.5 Å². The molecular weight excluding hydrogens is 770 g/mol. The highest BCUT2D eigenvalue weighted by Gasteiger charge is 2.33. The second-order valence-corrected chi connectivity index (χ2v) is 18.0. The molecule has 0 aliphatic carbocycles. The molecule has 3 aromatic carbocycles. The molecule has 58 heavy (non-hydrogen) atoms. The summed E-state index contributed by atoms with van der Waals surface area (Å²) in [6, 6.07) is 14.8. The average molecular weight is 827 g/mol. The van der Waals surface area contributed by atoms with E-state index in [4.69, 9.17) is 22.3 Å². The summed E-state index contributed by atoms with van der Waals surface area (Å²) in [5.41, 5.74) is 11.6. The third-order valence-corrected chi connectivity index (χ3v) is 14.1. The van der Waals surface area contributed by atoms with Crippen molar-refractivity contribution in [2.24, 2.45) is 11.3 Å². The largest absolute Gasteiger partial charge is 0.508 e. The van der Waals surface area contributed by atoms with Crippen LogP contribution in [0.1, 0.15) is 111 Å². The molecular formula is C45H56ClN7O4S. The fourth-order valence-corrected chi connectivity index (χ4v) is 9.96. The van der Waals surface area contributed by atoms with Crippen molar-refractivity contribution in [2.75, 3.05) is 42.1 Å². The number of aromatic hydroxyl groups is 2. The van der Waals surface area contributed by atoms with Gasteiger partial charge in [-0.1, -0.05) is 88.2 Å². The number of hydrogen-bond acceptors (Lipinski definition) is 10. The summed E-state index contributed by atoms with van der Waals surface area (Å²) in [6.45, 7) is 13.6. The Bertz CT molecular complexity index is 2150. The number of nitrogens with two attached hydrogens (primary N) is 1. The van der Waals surface area contributed by atoms with E-state index in [-0.39, 0.29) is 40.7 Å². The molecule has 0 spiro atoms. The first kappa shape index (κ1) is 41.6. The molecule has 0 atom stereocenters. The average Bonchev–Trinajstić information content (AvgIpc) is 3.64. The fourth-order valence-electron chi connectivity index (χ4n) is 8.86. The number of rotatable bonds is 12. The van der Waals surface area contributed by atoms with Gasteiger partial charge >= 0.3 is 0 Å². The van der Waals surface area contributed by atoms with Gasteiger partial charge in [0, 0.05) is 49.6 Å². The number of nitrogens with zero attached hydrogens (tertiary/aromatic N) is 5. The van der Waals surface area contributed by atoms with E-state index in [1.165, 1.54) is 37.1 Å². The maximum absolute atomic E-state index is 13.5. The zero-order valence-electron chi connectivity index (χ0n) is 34.1. The van der Waals surface area contributed by atoms with Gasteiger partial charge in [0.1, 0.15) is 22.3 Å². The molecule has 1 aromatic heterocycles. The molecule has 3 aliphatic rings. The molecule has 2 saturated heterocycles. The van der Waals surface area contributed by atoms with Crippen LogP contribution in [0.3, 0.4) is 0 Å². The second-order valence-electron chi connectivity index (χ2n) is 16.6. The quantitative estimate of drug-likeness (QED) is 0.109. The van der Waals surface area contributed by atoms with Crippen LogP contribution in [0.5, 0.6) is 11.5 Å². The van der Waals surface area contributed by atoms with Gasteiger partial charge in [-0.3, -0.25) is 14.5 Å². The maximum Gasteiger partial charge on any atom is 0.258 e. The molecule has 4 heterocycles. The number of phenolic OH excluding ortho intramolecular Hbond substituents is 2. The van der Waals surface area contributed by atoms with Gasteiger partial charge in [0.15, 0.2) is 5.82 Å². The fraction of sp³-hybridized carbons (Fsp3) is 0.467. The number of likely N-dealkylation sites (tertiary alicyclic amines) is 1. The van der Waals surface area contributed by atoms with Gasteiger partial charge in [-0.15, -0.1) is 0 Å². The second kappa shape index (κ2) is 17.8. The van der Waals surface area contributed by atoms with Crippen LogP contribution < -0.4 is 16.0 Å². The summed E-state index contributed by atoms with van der Waals surface area (Å²) in [6.07, 6.45) is 9.26. The van der Waals surface area contributed by atoms with Crippen molar-refractivity contribution in [3.05, 3.63) is 87.6 Å². The molecule has 0 saturated carbocycles. The van der Waals surface area contributed by atoms with Gasteiger partial charge in [-0.25, -0.2) is 9.97 Å². The van der Waals surface area contributed by atoms with Crippen molar-refractivity contribution in [1.29, 1.82) is 0 Å². The summed E-state index contributed by atoms with van der Waals surface area (Å²) < 4.78 is 0. The van der Waals surface area contributed by atoms with E-state index in [0.717, 1.165) is 85.8 Å². The van der Waals surface area contributed by atoms with Gasteiger partial charge in [0.25, 0.3) is 5.91 Å². The van der Waals surface area contributed by atoms with Crippen LogP contribution in [0.15, 0.2) is 64.6 Å². The van der Waals surface area contributed by atoms with Crippen molar-refractivity contribution in [1.82, 2.24) is 19.8 Å². The Morgan fingerprint density at radius 3 is 2.43 bits per heavy atom. The molecule has 0 unspecified atom stereocenters. The van der Waals surface area contributed by atoms with E-state index in [1.807, 2.05) is 32.0 Å². The molecule has 5 N–H and O–H groups in total. The van der Waals surface area contributed by atoms with Gasteiger partial charge in [0.2, 0.25) is 5.91 Å². The number of anilines is 3. The van der Waals surface area contributed by atoms with E-state index < -0.39 is 0 Å². The topological polar surface area (TPSA) is 148 Å². The number of amides is 2. The van der Waals surface area contributed by atoms with Crippen LogP contribution in [0.2, 0.25) is 5.02 Å². The van der Waals surface area contributed by atoms with Crippen molar-refractivity contribution < 1.29 is 19.8 Å². The highest BCUT2D eigenvalue weighted by atomic mass is 35.5. The van der Waals surface area contributed by atoms with Crippen molar-refractivity contribution in [3.63, 3.8) is 0 Å². The smallest absolute Gasteiger partial charge is 0.258 e. The third-order valence-electron chi connectivity index (χ3n) is 12.5. The minimum Gasteiger partial charge on any atom is -0.508 e. The molecule has 2 fully saturated rings. The normalized spacial score (nSPS) is 17.1. The van der Waals surface area contributed by atoms with E-state index >= 15 is 0 Å². The molecule has 11 nitrogen and oxygen atoms in total. The van der Waals surface area contributed by atoms with Crippen LogP contribution >= 0.6 is 23.4 Å². The Morgan fingerprint density at radius 1 is 1.00 bits per heavy atom. The number of piperidine rings is 2. The summed E-state index contributed by atoms with van der Waals surface area (Å²) in [5, 5.41) is 24.8. The van der Waals surface area contributed by atoms with E-state index in [2.05, 4.69) is 52.1 Å². The predicted octanol–water partition coefficient (Wildman–Crippen LogP) is 9.20. The zero-order chi connectivity index (χ0) is 41.1. The number of carbonyl (C=O) groups excluding carboxylic acids is 2. The Labute approximate surface area is 351 Å². The van der Waals surface area contributed by atoms with Crippen LogP contribution in [0.4, 0.5) is 17.3 Å². The first-order valence-corrected chi connectivity index (χ1v) is 21.9. The number of nitrogen functional groups attached to an aromatic ring is 1. The minimum atomic E-state index is -0.258. The molecule has 4 aromatic rings. The minimum absolute atomic E-state index is 0.00763. The SMILES string of the molecule is CCCC1(CC)CCN(c2cnc(Sc3cccc(NC(=O)C4CCN(Cc5ccc6c(c5)CN(C(=O)c5cc(C(C)C)c(O)cc5O)C6)CC4)c3Cl)c(N)n2)CC1. The summed E-state index contributed by atoms with van der Waals surface area (Å²) >= 11 is 8.22. The summed E-state index contributed by atoms with van der Waals surface area (Å²) in [4.78, 5) is 43.5. The van der Waals surface area contributed by atoms with E-state index in [0.29, 0.717) is 45.6 Å². The lowest BCUT2D eigenvalue weighted by Crippen LogP contribution is -2.40. The van der Waals surface area contributed by atoms with E-state index in [9.17, 15) is 19.8 Å². The number of phenols is 2. The lowest BCUT2D eigenvalue weighted by molar-refractivity contribution is -0.121. The molecule has 308 valence electrons. The van der Waals surface area contributed by atoms with Crippen LogP contribution in [0.25, 0.3) is 0 Å². The summed E-state index contributed by atoms with van der Waals surface area (Å²) in [5.74, 6) is 0.524. The van der Waals surface area contributed by atoms with E-state index in [1.54, 1.807) is 17.2 Å². The van der Waals surface area contributed by atoms with Gasteiger partial charge in [-0.2, -0.15) is 0 Å². The van der Waals surface area contributed by atoms with Gasteiger partial charge < -0.3 is 31.1 Å². The zero-order valence-corrected chi connectivity index (χ0v) is 35.6. The number of aromatic nitrogens is 2. The Hall–Kier alpha value is -4.52. The van der Waals surface area contributed by atoms with Crippen molar-refractivity contribution >= 4 is 52.5 Å². The lowest BCUT2D eigenvalue weighted by atomic mass is 9.73. The highest BCUT2D eigenvalue weighted by molar-refractivity contribution is 7.99. The van der Waals surface area contributed by atoms with Crippen LogP contribution in [0, 0.1) is 11.3 Å². The Balaban J connectivity index is 0.902. The number of benzene rings is 3. The molecule has 3 aliphatic heterocycles. The molecule has 0 bridgehead atoms. The predicted molar refractivity (Wildman–Crippen MR) is 232 cm³/mol. The highest BCUT2D eigenvalue weighted by Crippen LogP contribution is 2.42. The molecule has 13 heteroatoms. The Kier molecular flexibility index (Phi) is 12.8. The van der Waals surface area contributed by atoms with Crippen molar-refractivity contribution in [2.45, 2.75) is 108 Å². The maximum atomic E-state index is 13.5. The lowest BCUT2D eigenvalue weighted by Gasteiger charge is -2.42. The number of carbonyl (C=O) groups is 2. The summed E-state index contributed by atoms with van der Waals surface area (Å²) in [7, 11) is 0. The number of nitrogens with one attached hydrogen (secondary N) is 1. The number of hydrogen-bond donors (Lipinski definition) is 4. The molecule has 7 rings (SSSR count). The standard InChI is InChI=1S/C45H56ClN7O4S/c1-5-14-45(6-2)15-19-52(20-16-45)39-24-48-43(41(47)50-39)58-38-9-7-8-35(40(38)46)49-42(56)30-12-17-51(18-13-30)25-29-10-11-31-26-53(27-32(31)21-29)44(57)34-22-33(28(3)4)36(54)23-37(34)55/h7-11,21-24,28,30,54-55H,5-6,12-20,25-27H2,1-4H3,(H2,47,50)(H,49,56). The monoisotopic (exact) mass is 825 g/mol. The van der Waals surface area contributed by atoms with Gasteiger partial charge in [-0.05, 0) is 97.0 Å². The number of halogens is 1. The molecule has 0 radical (unpaired) electrons. The first-order valence-electron chi connectivity index (χ1n) is 20.7. The molecule has 2 amide bonds. The van der Waals surface area contributed by atoms with Crippen LogP contribution in [-0.4, -0.2) is 68.0 Å². The first-order chi connectivity index (χ1) is 27.9.